The van der Waals surface area contributed by atoms with E-state index in [1.807, 2.05) is 31.4 Å². The van der Waals surface area contributed by atoms with Gasteiger partial charge in [0.1, 0.15) is 18.2 Å². The maximum absolute atomic E-state index is 13.1. The maximum atomic E-state index is 13.1. The van der Waals surface area contributed by atoms with Crippen LogP contribution in [0.2, 0.25) is 0 Å². The molecule has 0 bridgehead atoms. The summed E-state index contributed by atoms with van der Waals surface area (Å²) in [4.78, 5) is 18.9. The molecule has 5 rings (SSSR count). The number of fused-ring (bicyclic) bond motifs is 3. The lowest BCUT2D eigenvalue weighted by Crippen LogP contribution is -2.39. The van der Waals surface area contributed by atoms with Crippen molar-refractivity contribution in [3.05, 3.63) is 50.4 Å². The molecule has 2 aromatic rings. The van der Waals surface area contributed by atoms with Gasteiger partial charge in [-0.15, -0.1) is 11.3 Å². The van der Waals surface area contributed by atoms with Gasteiger partial charge in [0, 0.05) is 37.1 Å². The van der Waals surface area contributed by atoms with Crippen LogP contribution in [0.1, 0.15) is 38.3 Å². The number of aryl methyl sites for hydroxylation is 2. The molecule has 0 N–H and O–H groups in total. The zero-order valence-corrected chi connectivity index (χ0v) is 18.9. The van der Waals surface area contributed by atoms with Crippen molar-refractivity contribution in [2.75, 3.05) is 46.1 Å². The quantitative estimate of drug-likeness (QED) is 0.659. The summed E-state index contributed by atoms with van der Waals surface area (Å²) in [5.74, 6) is 1.88. The number of allylic oxidation sites excluding steroid dienone is 1. The molecule has 0 amide bonds. The van der Waals surface area contributed by atoms with E-state index in [0.717, 1.165) is 79.7 Å². The molecule has 3 aliphatic rings. The first kappa shape index (κ1) is 20.7. The van der Waals surface area contributed by atoms with Gasteiger partial charge in [-0.3, -0.25) is 14.6 Å². The minimum Gasteiger partial charge on any atom is -0.478 e. The number of carbonyl (C=O) groups excluding carboxylic acids is 1. The topological polar surface area (TPSA) is 51.2 Å². The number of carbonyl (C=O) groups is 1. The Kier molecular flexibility index (Phi) is 5.84. The third-order valence-corrected chi connectivity index (χ3v) is 7.17. The summed E-state index contributed by atoms with van der Waals surface area (Å²) in [5.41, 5.74) is 3.72. The average molecular weight is 441 g/mol. The monoisotopic (exact) mass is 440 g/mol. The van der Waals surface area contributed by atoms with Crippen LogP contribution in [0.15, 0.2) is 23.3 Å². The zero-order chi connectivity index (χ0) is 21.4. The molecule has 3 aliphatic heterocycles. The summed E-state index contributed by atoms with van der Waals surface area (Å²) in [6.45, 7) is 11.0. The lowest BCUT2D eigenvalue weighted by Gasteiger charge is -2.31. The summed E-state index contributed by atoms with van der Waals surface area (Å²) in [6.07, 6.45) is 2.95. The van der Waals surface area contributed by atoms with Crippen molar-refractivity contribution < 1.29 is 19.0 Å². The number of ether oxygens (including phenoxy) is 3. The predicted octanol–water partition coefficient (Wildman–Crippen LogP) is 3.86. The Morgan fingerprint density at radius 2 is 1.94 bits per heavy atom. The fourth-order valence-electron chi connectivity index (χ4n) is 4.41. The van der Waals surface area contributed by atoms with Crippen LogP contribution in [0, 0.1) is 13.8 Å². The van der Waals surface area contributed by atoms with Crippen molar-refractivity contribution in [2.45, 2.75) is 26.8 Å². The van der Waals surface area contributed by atoms with Gasteiger partial charge in [-0.25, -0.2) is 0 Å². The average Bonchev–Trinajstić information content (AvgIpc) is 3.33. The molecule has 164 valence electrons. The van der Waals surface area contributed by atoms with Crippen molar-refractivity contribution in [3.8, 4) is 11.5 Å². The number of hydrogen-bond acceptors (Lipinski definition) is 7. The Bertz CT molecular complexity index is 1020. The standard InChI is InChI=1S/C24H28N2O4S/c1-16-4-11-31-21(16)13-20-23(27)22-17(2)12-19-18(24(22)30-20)14-26(15-29-19)6-3-5-25-7-9-28-10-8-25/h4,11-13H,3,5-10,14-15H2,1-2H3/b20-13-. The fraction of sp³-hybridized carbons (Fsp3) is 0.458. The third-order valence-electron chi connectivity index (χ3n) is 6.20. The highest BCUT2D eigenvalue weighted by molar-refractivity contribution is 7.11. The Balaban J connectivity index is 1.32. The van der Waals surface area contributed by atoms with E-state index in [9.17, 15) is 4.79 Å². The molecule has 0 spiro atoms. The summed E-state index contributed by atoms with van der Waals surface area (Å²) < 4.78 is 17.7. The molecule has 0 unspecified atom stereocenters. The molecule has 31 heavy (non-hydrogen) atoms. The van der Waals surface area contributed by atoms with Crippen molar-refractivity contribution in [1.82, 2.24) is 9.80 Å². The van der Waals surface area contributed by atoms with Gasteiger partial charge in [0.15, 0.2) is 5.76 Å². The summed E-state index contributed by atoms with van der Waals surface area (Å²) in [6, 6.07) is 4.04. The second-order valence-electron chi connectivity index (χ2n) is 8.42. The van der Waals surface area contributed by atoms with Crippen LogP contribution in [0.5, 0.6) is 11.5 Å². The van der Waals surface area contributed by atoms with Crippen LogP contribution < -0.4 is 9.47 Å². The molecule has 0 atom stereocenters. The van der Waals surface area contributed by atoms with Crippen molar-refractivity contribution in [1.29, 1.82) is 0 Å². The molecule has 0 aliphatic carbocycles. The second kappa shape index (κ2) is 8.74. The normalized spacial score (nSPS) is 20.5. The first-order valence-corrected chi connectivity index (χ1v) is 11.8. The molecule has 1 saturated heterocycles. The van der Waals surface area contributed by atoms with Crippen LogP contribution in [0.25, 0.3) is 6.08 Å². The Labute approximate surface area is 187 Å². The van der Waals surface area contributed by atoms with Gasteiger partial charge in [-0.1, -0.05) is 0 Å². The number of rotatable bonds is 5. The molecular formula is C24H28N2O4S. The molecule has 4 heterocycles. The molecule has 1 aromatic heterocycles. The Morgan fingerprint density at radius 3 is 2.71 bits per heavy atom. The number of hydrogen-bond donors (Lipinski definition) is 0. The van der Waals surface area contributed by atoms with Crippen LogP contribution in [-0.4, -0.2) is 61.7 Å². The summed E-state index contributed by atoms with van der Waals surface area (Å²) in [5, 5.41) is 2.03. The first-order valence-electron chi connectivity index (χ1n) is 10.9. The largest absolute Gasteiger partial charge is 0.478 e. The summed E-state index contributed by atoms with van der Waals surface area (Å²) >= 11 is 1.62. The van der Waals surface area contributed by atoms with Gasteiger partial charge >= 0.3 is 0 Å². The van der Waals surface area contributed by atoms with E-state index in [1.54, 1.807) is 11.3 Å². The van der Waals surface area contributed by atoms with Gasteiger partial charge < -0.3 is 14.2 Å². The van der Waals surface area contributed by atoms with Gasteiger partial charge in [0.2, 0.25) is 5.78 Å². The van der Waals surface area contributed by atoms with Gasteiger partial charge in [-0.2, -0.15) is 0 Å². The van der Waals surface area contributed by atoms with Gasteiger partial charge in [0.05, 0.1) is 24.3 Å². The molecular weight excluding hydrogens is 412 g/mol. The number of nitrogens with zero attached hydrogens (tertiary/aromatic N) is 2. The minimum absolute atomic E-state index is 0.0347. The van der Waals surface area contributed by atoms with E-state index in [2.05, 4.69) is 15.9 Å². The molecule has 0 radical (unpaired) electrons. The lowest BCUT2D eigenvalue weighted by molar-refractivity contribution is 0.0329. The van der Waals surface area contributed by atoms with E-state index < -0.39 is 0 Å². The molecule has 6 nitrogen and oxygen atoms in total. The zero-order valence-electron chi connectivity index (χ0n) is 18.1. The van der Waals surface area contributed by atoms with E-state index >= 15 is 0 Å². The van der Waals surface area contributed by atoms with E-state index in [-0.39, 0.29) is 5.78 Å². The van der Waals surface area contributed by atoms with Crippen molar-refractivity contribution >= 4 is 23.2 Å². The highest BCUT2D eigenvalue weighted by Gasteiger charge is 2.35. The fourth-order valence-corrected chi connectivity index (χ4v) is 5.26. The van der Waals surface area contributed by atoms with Crippen LogP contribution >= 0.6 is 11.3 Å². The highest BCUT2D eigenvalue weighted by Crippen LogP contribution is 2.44. The Morgan fingerprint density at radius 1 is 1.13 bits per heavy atom. The second-order valence-corrected chi connectivity index (χ2v) is 9.36. The number of ketones is 1. The van der Waals surface area contributed by atoms with Crippen molar-refractivity contribution in [3.63, 3.8) is 0 Å². The van der Waals surface area contributed by atoms with E-state index in [1.165, 1.54) is 0 Å². The molecule has 7 heteroatoms. The van der Waals surface area contributed by atoms with Crippen LogP contribution in [0.3, 0.4) is 0 Å². The maximum Gasteiger partial charge on any atom is 0.232 e. The van der Waals surface area contributed by atoms with Gasteiger partial charge in [-0.05, 0) is 55.5 Å². The number of Topliss-reactive ketones (excluding diaryl/α,β-unsaturated/α-hetero) is 1. The number of thiophene rings is 1. The predicted molar refractivity (Wildman–Crippen MR) is 121 cm³/mol. The smallest absolute Gasteiger partial charge is 0.232 e. The Hall–Kier alpha value is -2.19. The van der Waals surface area contributed by atoms with Crippen LogP contribution in [0.4, 0.5) is 0 Å². The highest BCUT2D eigenvalue weighted by atomic mass is 32.1. The van der Waals surface area contributed by atoms with E-state index in [4.69, 9.17) is 14.2 Å². The summed E-state index contributed by atoms with van der Waals surface area (Å²) in [7, 11) is 0. The number of morpholine rings is 1. The number of benzene rings is 1. The third kappa shape index (κ3) is 4.15. The molecule has 1 aromatic carbocycles. The first-order chi connectivity index (χ1) is 15.1. The molecule has 0 saturated carbocycles. The lowest BCUT2D eigenvalue weighted by atomic mass is 9.98. The molecule has 1 fully saturated rings. The van der Waals surface area contributed by atoms with Crippen LogP contribution in [-0.2, 0) is 11.3 Å². The minimum atomic E-state index is -0.0347. The van der Waals surface area contributed by atoms with Crippen molar-refractivity contribution in [2.24, 2.45) is 0 Å². The van der Waals surface area contributed by atoms with Gasteiger partial charge in [0.25, 0.3) is 0 Å². The SMILES string of the molecule is Cc1ccsc1/C=C1\Oc2c3c(cc(C)c2C1=O)OCN(CCCN1CCOCC1)C3. The van der Waals surface area contributed by atoms with E-state index in [0.29, 0.717) is 23.8 Å².